The number of primary sulfonamides is 1. The maximum absolute atomic E-state index is 13.4. The lowest BCUT2D eigenvalue weighted by atomic mass is 10.2. The number of aliphatic imine (C=N–C) groups is 1. The van der Waals surface area contributed by atoms with Crippen LogP contribution in [0.2, 0.25) is 0 Å². The van der Waals surface area contributed by atoms with Gasteiger partial charge in [0.25, 0.3) is 6.43 Å². The Kier molecular flexibility index (Phi) is 8.41. The molecule has 1 amide bonds. The predicted molar refractivity (Wildman–Crippen MR) is 107 cm³/mol. The van der Waals surface area contributed by atoms with E-state index in [0.717, 1.165) is 23.9 Å². The summed E-state index contributed by atoms with van der Waals surface area (Å²) in [5, 5.41) is 15.0. The molecule has 0 aliphatic heterocycles. The molecule has 1 aromatic carbocycles. The lowest BCUT2D eigenvalue weighted by Crippen LogP contribution is -2.35. The topological polar surface area (TPSA) is 167 Å². The van der Waals surface area contributed by atoms with E-state index in [9.17, 15) is 26.4 Å². The second kappa shape index (κ2) is 10.6. The molecule has 0 unspecified atom stereocenters. The number of aromatic nitrogens is 2. The highest BCUT2D eigenvalue weighted by atomic mass is 32.2. The third kappa shape index (κ3) is 7.84. The zero-order valence-electron chi connectivity index (χ0n) is 16.1. The van der Waals surface area contributed by atoms with Crippen molar-refractivity contribution in [1.82, 2.24) is 15.6 Å². The molecule has 15 heteroatoms. The second-order valence-electron chi connectivity index (χ2n) is 6.32. The van der Waals surface area contributed by atoms with Crippen molar-refractivity contribution in [2.45, 2.75) is 30.8 Å². The van der Waals surface area contributed by atoms with Crippen LogP contribution in [0.3, 0.4) is 0 Å². The number of rotatable bonds is 10. The molecular formula is C16H19F3N6O4S2. The Balaban J connectivity index is 2.01. The SMILES string of the molecule is C[C@@H](CSc1nonc1C(N)=Nc1ccc(F)c(C(F)F)c1)NC(=O)CCS(N)(=O)=O. The van der Waals surface area contributed by atoms with E-state index in [2.05, 4.69) is 25.3 Å². The first-order valence-corrected chi connectivity index (χ1v) is 11.3. The van der Waals surface area contributed by atoms with Gasteiger partial charge in [-0.2, -0.15) is 0 Å². The Bertz CT molecular complexity index is 1060. The van der Waals surface area contributed by atoms with E-state index in [1.54, 1.807) is 6.92 Å². The number of hydrogen-bond donors (Lipinski definition) is 3. The number of nitrogens with zero attached hydrogens (tertiary/aromatic N) is 3. The van der Waals surface area contributed by atoms with E-state index >= 15 is 0 Å². The van der Waals surface area contributed by atoms with Crippen LogP contribution in [0, 0.1) is 5.82 Å². The highest BCUT2D eigenvalue weighted by molar-refractivity contribution is 7.99. The van der Waals surface area contributed by atoms with Gasteiger partial charge in [-0.25, -0.2) is 36.3 Å². The fourth-order valence-corrected chi connectivity index (χ4v) is 3.54. The van der Waals surface area contributed by atoms with Gasteiger partial charge in [-0.05, 0) is 35.4 Å². The molecular weight excluding hydrogens is 461 g/mol. The summed E-state index contributed by atoms with van der Waals surface area (Å²) in [4.78, 5) is 15.7. The smallest absolute Gasteiger partial charge is 0.266 e. The van der Waals surface area contributed by atoms with Crippen molar-refractivity contribution in [2.24, 2.45) is 15.9 Å². The minimum absolute atomic E-state index is 0.0105. The number of amides is 1. The van der Waals surface area contributed by atoms with Crippen LogP contribution in [0.1, 0.15) is 31.0 Å². The summed E-state index contributed by atoms with van der Waals surface area (Å²) in [7, 11) is -3.74. The summed E-state index contributed by atoms with van der Waals surface area (Å²) < 4.78 is 65.5. The number of thioether (sulfide) groups is 1. The highest BCUT2D eigenvalue weighted by Gasteiger charge is 2.18. The number of carbonyl (C=O) groups is 1. The van der Waals surface area contributed by atoms with Gasteiger partial charge in [0, 0.05) is 18.2 Å². The Morgan fingerprint density at radius 3 is 2.71 bits per heavy atom. The molecule has 0 radical (unpaired) electrons. The van der Waals surface area contributed by atoms with Gasteiger partial charge in [-0.1, -0.05) is 11.8 Å². The monoisotopic (exact) mass is 480 g/mol. The van der Waals surface area contributed by atoms with Crippen LogP contribution in [0.4, 0.5) is 18.9 Å². The predicted octanol–water partition coefficient (Wildman–Crippen LogP) is 1.46. The lowest BCUT2D eigenvalue weighted by molar-refractivity contribution is -0.121. The summed E-state index contributed by atoms with van der Waals surface area (Å²) in [6.45, 7) is 1.68. The van der Waals surface area contributed by atoms with Gasteiger partial charge in [0.15, 0.2) is 16.6 Å². The quantitative estimate of drug-likeness (QED) is 0.261. The van der Waals surface area contributed by atoms with Crippen molar-refractivity contribution in [3.05, 3.63) is 35.3 Å². The fraction of sp³-hybridized carbons (Fsp3) is 0.375. The molecule has 0 bridgehead atoms. The van der Waals surface area contributed by atoms with Crippen molar-refractivity contribution in [3.8, 4) is 0 Å². The molecule has 1 aromatic heterocycles. The van der Waals surface area contributed by atoms with Crippen LogP contribution < -0.4 is 16.2 Å². The zero-order valence-corrected chi connectivity index (χ0v) is 17.7. The summed E-state index contributed by atoms with van der Waals surface area (Å²) >= 11 is 1.11. The van der Waals surface area contributed by atoms with Gasteiger partial charge < -0.3 is 11.1 Å². The molecule has 2 rings (SSSR count). The van der Waals surface area contributed by atoms with E-state index < -0.39 is 39.5 Å². The fourth-order valence-electron chi connectivity index (χ4n) is 2.22. The molecule has 10 nitrogen and oxygen atoms in total. The van der Waals surface area contributed by atoms with E-state index in [-0.39, 0.29) is 34.7 Å². The van der Waals surface area contributed by atoms with Crippen molar-refractivity contribution in [1.29, 1.82) is 0 Å². The molecule has 2 aromatic rings. The molecule has 31 heavy (non-hydrogen) atoms. The van der Waals surface area contributed by atoms with Crippen LogP contribution in [0.15, 0.2) is 32.8 Å². The van der Waals surface area contributed by atoms with Gasteiger partial charge in [0.05, 0.1) is 17.0 Å². The maximum atomic E-state index is 13.4. The van der Waals surface area contributed by atoms with Crippen LogP contribution in [0.5, 0.6) is 0 Å². The van der Waals surface area contributed by atoms with Crippen molar-refractivity contribution in [2.75, 3.05) is 11.5 Å². The van der Waals surface area contributed by atoms with Gasteiger partial charge in [0.1, 0.15) is 5.82 Å². The maximum Gasteiger partial charge on any atom is 0.266 e. The number of hydrogen-bond acceptors (Lipinski definition) is 8. The largest absolute Gasteiger partial charge is 0.382 e. The lowest BCUT2D eigenvalue weighted by Gasteiger charge is -2.12. The van der Waals surface area contributed by atoms with E-state index in [0.29, 0.717) is 5.75 Å². The molecule has 0 fully saturated rings. The molecule has 1 atom stereocenters. The molecule has 0 aliphatic carbocycles. The Hall–Kier alpha value is -2.65. The minimum Gasteiger partial charge on any atom is -0.382 e. The summed E-state index contributed by atoms with van der Waals surface area (Å²) in [5.41, 5.74) is 5.08. The molecule has 0 saturated carbocycles. The average Bonchev–Trinajstić information content (AvgIpc) is 3.14. The van der Waals surface area contributed by atoms with E-state index in [1.165, 1.54) is 6.07 Å². The summed E-state index contributed by atoms with van der Waals surface area (Å²) in [5.74, 6) is -1.93. The molecule has 170 valence electrons. The van der Waals surface area contributed by atoms with E-state index in [1.807, 2.05) is 0 Å². The van der Waals surface area contributed by atoms with E-state index in [4.69, 9.17) is 10.9 Å². The molecule has 0 spiro atoms. The highest BCUT2D eigenvalue weighted by Crippen LogP contribution is 2.27. The first-order chi connectivity index (χ1) is 14.5. The number of alkyl halides is 2. The molecule has 5 N–H and O–H groups in total. The third-order valence-electron chi connectivity index (χ3n) is 3.66. The number of carbonyl (C=O) groups excluding carboxylic acids is 1. The average molecular weight is 480 g/mol. The van der Waals surface area contributed by atoms with Gasteiger partial charge in [0.2, 0.25) is 15.9 Å². The molecule has 0 saturated heterocycles. The minimum atomic E-state index is -3.74. The van der Waals surface area contributed by atoms with Crippen LogP contribution in [-0.4, -0.2) is 48.0 Å². The summed E-state index contributed by atoms with van der Waals surface area (Å²) in [6.07, 6.45) is -3.29. The van der Waals surface area contributed by atoms with Crippen molar-refractivity contribution < 1.29 is 31.0 Å². The van der Waals surface area contributed by atoms with Crippen molar-refractivity contribution in [3.63, 3.8) is 0 Å². The first-order valence-electron chi connectivity index (χ1n) is 8.63. The number of sulfonamides is 1. The Morgan fingerprint density at radius 1 is 1.35 bits per heavy atom. The zero-order chi connectivity index (χ0) is 23.2. The van der Waals surface area contributed by atoms with Gasteiger partial charge in [-0.15, -0.1) is 0 Å². The van der Waals surface area contributed by atoms with Crippen molar-refractivity contribution >= 4 is 39.2 Å². The molecule has 0 aliphatic rings. The second-order valence-corrected chi connectivity index (χ2v) is 9.06. The molecule has 1 heterocycles. The summed E-state index contributed by atoms with van der Waals surface area (Å²) in [6, 6.07) is 2.51. The number of nitrogens with two attached hydrogens (primary N) is 2. The van der Waals surface area contributed by atoms with Gasteiger partial charge in [-0.3, -0.25) is 4.79 Å². The number of benzene rings is 1. The number of amidine groups is 1. The van der Waals surface area contributed by atoms with Crippen LogP contribution in [0.25, 0.3) is 0 Å². The first kappa shape index (κ1) is 24.6. The number of halogens is 3. The Labute approximate surface area is 179 Å². The standard InChI is InChI=1S/C16H19F3N6O4S2/c1-8(22-12(26)4-5-31(21,27)28)7-30-16-13(24-29-25-16)15(20)23-9-2-3-11(17)10(6-9)14(18)19/h2-3,6,8,14H,4-5,7H2,1H3,(H2,20,23)(H,22,26)(H2,21,27,28)/t8-/m0/s1. The van der Waals surface area contributed by atoms with Crippen LogP contribution in [-0.2, 0) is 14.8 Å². The van der Waals surface area contributed by atoms with Gasteiger partial charge >= 0.3 is 0 Å². The normalized spacial score (nSPS) is 13.4. The Morgan fingerprint density at radius 2 is 2.06 bits per heavy atom. The number of nitrogens with one attached hydrogen (secondary N) is 1. The van der Waals surface area contributed by atoms with Crippen LogP contribution >= 0.6 is 11.8 Å². The third-order valence-corrected chi connectivity index (χ3v) is 5.64.